The van der Waals surface area contributed by atoms with Crippen molar-refractivity contribution in [1.29, 1.82) is 0 Å². The highest BCUT2D eigenvalue weighted by molar-refractivity contribution is 5.79. The Hall–Kier alpha value is -1.86. The van der Waals surface area contributed by atoms with Crippen LogP contribution in [0.2, 0.25) is 0 Å². The van der Waals surface area contributed by atoms with Gasteiger partial charge in [-0.15, -0.1) is 0 Å². The first-order valence-corrected chi connectivity index (χ1v) is 9.76. The number of hydrogen-bond donors (Lipinski definition) is 2. The number of guanidine groups is 1. The molecule has 6 nitrogen and oxygen atoms in total. The number of nitrogens with one attached hydrogen (secondary N) is 2. The summed E-state index contributed by atoms with van der Waals surface area (Å²) in [6.45, 7) is 6.36. The molecule has 0 amide bonds. The van der Waals surface area contributed by atoms with Crippen molar-refractivity contribution in [1.82, 2.24) is 15.5 Å². The van der Waals surface area contributed by atoms with Crippen LogP contribution in [0.15, 0.2) is 29.3 Å². The lowest BCUT2D eigenvalue weighted by molar-refractivity contribution is 0.141. The lowest BCUT2D eigenvalue weighted by atomic mass is 10.2. The molecule has 1 fully saturated rings. The Kier molecular flexibility index (Phi) is 9.35. The van der Waals surface area contributed by atoms with Crippen molar-refractivity contribution in [2.75, 3.05) is 46.9 Å². The molecular weight excluding hydrogens is 347 g/mol. The largest absolute Gasteiger partial charge is 0.489 e. The summed E-state index contributed by atoms with van der Waals surface area (Å²) in [6.07, 6.45) is 3.17. The lowest BCUT2D eigenvalue weighted by Crippen LogP contribution is -2.47. The molecule has 1 heterocycles. The van der Waals surface area contributed by atoms with E-state index < -0.39 is 0 Å². The van der Waals surface area contributed by atoms with Crippen LogP contribution in [-0.4, -0.2) is 69.9 Å². The molecule has 1 aliphatic heterocycles. The third kappa shape index (κ3) is 7.34. The number of ether oxygens (including phenoxy) is 2. The van der Waals surface area contributed by atoms with Gasteiger partial charge in [0.2, 0.25) is 0 Å². The van der Waals surface area contributed by atoms with Crippen molar-refractivity contribution >= 4 is 5.96 Å². The first-order valence-electron chi connectivity index (χ1n) is 9.76. The fourth-order valence-corrected chi connectivity index (χ4v) is 3.28. The molecular formula is C20H33FN4O2. The van der Waals surface area contributed by atoms with Gasteiger partial charge < -0.3 is 20.1 Å². The molecule has 2 atom stereocenters. The Bertz CT molecular complexity index is 585. The number of benzene rings is 1. The molecule has 27 heavy (non-hydrogen) atoms. The SMILES string of the molecule is CCC(CNC(=NC)NCC1CCCN1CCOC)Oc1cccc(F)c1. The second-order valence-electron chi connectivity index (χ2n) is 6.76. The molecule has 1 aromatic rings. The fraction of sp³-hybridized carbons (Fsp3) is 0.650. The maximum Gasteiger partial charge on any atom is 0.191 e. The van der Waals surface area contributed by atoms with Crippen LogP contribution in [0.3, 0.4) is 0 Å². The van der Waals surface area contributed by atoms with Crippen LogP contribution >= 0.6 is 0 Å². The topological polar surface area (TPSA) is 58.1 Å². The van der Waals surface area contributed by atoms with Crippen LogP contribution in [0.1, 0.15) is 26.2 Å². The van der Waals surface area contributed by atoms with Crippen LogP contribution in [0.4, 0.5) is 4.39 Å². The maximum absolute atomic E-state index is 13.3. The number of likely N-dealkylation sites (tertiary alicyclic amines) is 1. The predicted octanol–water partition coefficient (Wildman–Crippen LogP) is 2.26. The van der Waals surface area contributed by atoms with E-state index in [0.29, 0.717) is 18.3 Å². The third-order valence-corrected chi connectivity index (χ3v) is 4.86. The van der Waals surface area contributed by atoms with E-state index in [1.165, 1.54) is 25.0 Å². The fourth-order valence-electron chi connectivity index (χ4n) is 3.28. The zero-order valence-corrected chi connectivity index (χ0v) is 16.7. The Morgan fingerprint density at radius 3 is 2.96 bits per heavy atom. The van der Waals surface area contributed by atoms with Gasteiger partial charge in [-0.1, -0.05) is 13.0 Å². The zero-order valence-electron chi connectivity index (χ0n) is 16.7. The van der Waals surface area contributed by atoms with Crippen molar-refractivity contribution in [3.63, 3.8) is 0 Å². The van der Waals surface area contributed by atoms with E-state index in [2.05, 4.69) is 20.5 Å². The summed E-state index contributed by atoms with van der Waals surface area (Å²) >= 11 is 0. The predicted molar refractivity (Wildman–Crippen MR) is 107 cm³/mol. The molecule has 2 rings (SSSR count). The minimum absolute atomic E-state index is 0.0602. The summed E-state index contributed by atoms with van der Waals surface area (Å²) in [4.78, 5) is 6.76. The number of hydrogen-bond acceptors (Lipinski definition) is 4. The number of rotatable bonds is 10. The summed E-state index contributed by atoms with van der Waals surface area (Å²) in [5.74, 6) is 1.02. The quantitative estimate of drug-likeness (QED) is 0.482. The Morgan fingerprint density at radius 2 is 2.26 bits per heavy atom. The summed E-state index contributed by atoms with van der Waals surface area (Å²) < 4.78 is 24.4. The number of methoxy groups -OCH3 is 1. The first-order chi connectivity index (χ1) is 13.2. The van der Waals surface area contributed by atoms with Crippen LogP contribution in [0, 0.1) is 5.82 Å². The van der Waals surface area contributed by atoms with Gasteiger partial charge in [0.15, 0.2) is 5.96 Å². The average Bonchev–Trinajstić information content (AvgIpc) is 3.12. The molecule has 0 radical (unpaired) electrons. The van der Waals surface area contributed by atoms with Gasteiger partial charge in [0.05, 0.1) is 13.2 Å². The highest BCUT2D eigenvalue weighted by Gasteiger charge is 2.24. The van der Waals surface area contributed by atoms with Crippen molar-refractivity contribution in [2.45, 2.75) is 38.3 Å². The van der Waals surface area contributed by atoms with Gasteiger partial charge in [-0.05, 0) is 37.9 Å². The van der Waals surface area contributed by atoms with E-state index in [9.17, 15) is 4.39 Å². The summed E-state index contributed by atoms with van der Waals surface area (Å²) in [6, 6.07) is 6.75. The lowest BCUT2D eigenvalue weighted by Gasteiger charge is -2.25. The standard InChI is InChI=1S/C20H33FN4O2/c1-4-18(27-19-9-5-7-16(21)13-19)15-24-20(22-2)23-14-17-8-6-10-25(17)11-12-26-3/h5,7,9,13,17-18H,4,6,8,10-12,14-15H2,1-3H3,(H2,22,23,24). The zero-order chi connectivity index (χ0) is 19.5. The van der Waals surface area contributed by atoms with Gasteiger partial charge in [-0.3, -0.25) is 9.89 Å². The van der Waals surface area contributed by atoms with Crippen LogP contribution < -0.4 is 15.4 Å². The molecule has 0 bridgehead atoms. The van der Waals surface area contributed by atoms with E-state index in [-0.39, 0.29) is 11.9 Å². The molecule has 0 aromatic heterocycles. The van der Waals surface area contributed by atoms with E-state index in [1.807, 2.05) is 6.92 Å². The van der Waals surface area contributed by atoms with Crippen molar-refractivity contribution in [2.24, 2.45) is 4.99 Å². The summed E-state index contributed by atoms with van der Waals surface area (Å²) in [5.41, 5.74) is 0. The molecule has 1 saturated heterocycles. The van der Waals surface area contributed by atoms with E-state index in [4.69, 9.17) is 9.47 Å². The molecule has 0 spiro atoms. The van der Waals surface area contributed by atoms with E-state index >= 15 is 0 Å². The minimum atomic E-state index is -0.289. The maximum atomic E-state index is 13.3. The van der Waals surface area contributed by atoms with Crippen molar-refractivity contribution < 1.29 is 13.9 Å². The smallest absolute Gasteiger partial charge is 0.191 e. The first kappa shape index (κ1) is 21.4. The van der Waals surface area contributed by atoms with Gasteiger partial charge in [0, 0.05) is 39.4 Å². The van der Waals surface area contributed by atoms with E-state index in [0.717, 1.165) is 38.6 Å². The monoisotopic (exact) mass is 380 g/mol. The van der Waals surface area contributed by atoms with Crippen LogP contribution in [0.5, 0.6) is 5.75 Å². The Labute approximate surface area is 162 Å². The molecule has 1 aliphatic rings. The third-order valence-electron chi connectivity index (χ3n) is 4.86. The van der Waals surface area contributed by atoms with Crippen LogP contribution in [-0.2, 0) is 4.74 Å². The molecule has 1 aromatic carbocycles. The molecule has 0 saturated carbocycles. The van der Waals surface area contributed by atoms with Gasteiger partial charge in [-0.25, -0.2) is 4.39 Å². The summed E-state index contributed by atoms with van der Waals surface area (Å²) in [5, 5.41) is 6.73. The van der Waals surface area contributed by atoms with Gasteiger partial charge in [0.25, 0.3) is 0 Å². The molecule has 7 heteroatoms. The molecule has 152 valence electrons. The van der Waals surface area contributed by atoms with Gasteiger partial charge in [0.1, 0.15) is 17.7 Å². The van der Waals surface area contributed by atoms with Crippen molar-refractivity contribution in [3.8, 4) is 5.75 Å². The second-order valence-corrected chi connectivity index (χ2v) is 6.76. The molecule has 2 unspecified atom stereocenters. The minimum Gasteiger partial charge on any atom is -0.489 e. The highest BCUT2D eigenvalue weighted by atomic mass is 19.1. The van der Waals surface area contributed by atoms with Crippen molar-refractivity contribution in [3.05, 3.63) is 30.1 Å². The molecule has 0 aliphatic carbocycles. The average molecular weight is 381 g/mol. The summed E-state index contributed by atoms with van der Waals surface area (Å²) in [7, 11) is 3.51. The van der Waals surface area contributed by atoms with Crippen LogP contribution in [0.25, 0.3) is 0 Å². The normalized spacial score (nSPS) is 19.1. The number of aliphatic imine (C=N–C) groups is 1. The second kappa shape index (κ2) is 11.8. The van der Waals surface area contributed by atoms with E-state index in [1.54, 1.807) is 26.3 Å². The Morgan fingerprint density at radius 1 is 1.41 bits per heavy atom. The van der Waals surface area contributed by atoms with Gasteiger partial charge in [-0.2, -0.15) is 0 Å². The number of nitrogens with zero attached hydrogens (tertiary/aromatic N) is 2. The van der Waals surface area contributed by atoms with Gasteiger partial charge >= 0.3 is 0 Å². The highest BCUT2D eigenvalue weighted by Crippen LogP contribution is 2.16. The molecule has 2 N–H and O–H groups in total. The Balaban J connectivity index is 1.76. The number of halogens is 1.